The molecular weight excluding hydrogens is 242 g/mol. The highest BCUT2D eigenvalue weighted by atomic mass is 79.9. The number of hydrogen-bond donors (Lipinski definition) is 1. The fourth-order valence-corrected chi connectivity index (χ4v) is 1.67. The Morgan fingerprint density at radius 1 is 1.43 bits per heavy atom. The quantitative estimate of drug-likeness (QED) is 0.833. The number of hydrogen-bond acceptors (Lipinski definition) is 2. The summed E-state index contributed by atoms with van der Waals surface area (Å²) >= 11 is 3.38. The van der Waals surface area contributed by atoms with Gasteiger partial charge in [-0.3, -0.25) is 0 Å². The number of nitrogens with two attached hydrogens (primary N) is 1. The maximum absolute atomic E-state index is 5.87. The van der Waals surface area contributed by atoms with E-state index < -0.39 is 0 Å². The molecule has 4 heteroatoms. The number of aromatic nitrogens is 2. The van der Waals surface area contributed by atoms with E-state index in [0.29, 0.717) is 0 Å². The summed E-state index contributed by atoms with van der Waals surface area (Å²) in [6.07, 6.45) is 5.46. The van der Waals surface area contributed by atoms with Crippen molar-refractivity contribution in [3.8, 4) is 0 Å². The van der Waals surface area contributed by atoms with Crippen molar-refractivity contribution in [2.75, 3.05) is 5.73 Å². The summed E-state index contributed by atoms with van der Waals surface area (Å²) in [5.74, 6) is 0. The van der Waals surface area contributed by atoms with Crippen molar-refractivity contribution < 1.29 is 0 Å². The van der Waals surface area contributed by atoms with Crippen molar-refractivity contribution in [1.29, 1.82) is 0 Å². The van der Waals surface area contributed by atoms with Crippen LogP contribution in [0.15, 0.2) is 41.4 Å². The molecule has 72 valence electrons. The maximum Gasteiger partial charge on any atom is 0.0949 e. The predicted octanol–water partition coefficient (Wildman–Crippen LogP) is 2.28. The first-order valence-corrected chi connectivity index (χ1v) is 5.04. The molecule has 0 atom stereocenters. The van der Waals surface area contributed by atoms with Crippen LogP contribution in [-0.2, 0) is 6.54 Å². The van der Waals surface area contributed by atoms with Gasteiger partial charge in [0.25, 0.3) is 0 Å². The van der Waals surface area contributed by atoms with E-state index in [2.05, 4.69) is 20.9 Å². The molecule has 0 aliphatic heterocycles. The zero-order valence-corrected chi connectivity index (χ0v) is 9.11. The zero-order chi connectivity index (χ0) is 9.97. The van der Waals surface area contributed by atoms with E-state index in [1.165, 1.54) is 0 Å². The monoisotopic (exact) mass is 251 g/mol. The molecule has 0 bridgehead atoms. The third-order valence-electron chi connectivity index (χ3n) is 2.02. The van der Waals surface area contributed by atoms with Crippen LogP contribution in [0.4, 0.5) is 5.69 Å². The van der Waals surface area contributed by atoms with E-state index in [1.54, 1.807) is 12.5 Å². The van der Waals surface area contributed by atoms with Crippen molar-refractivity contribution >= 4 is 21.6 Å². The number of halogens is 1. The molecule has 1 heterocycles. The van der Waals surface area contributed by atoms with Gasteiger partial charge in [0.05, 0.1) is 12.9 Å². The molecule has 14 heavy (non-hydrogen) atoms. The normalized spacial score (nSPS) is 10.4. The minimum atomic E-state index is 0.763. The van der Waals surface area contributed by atoms with Crippen LogP contribution in [0.5, 0.6) is 0 Å². The molecule has 2 N–H and O–H groups in total. The average Bonchev–Trinajstić information content (AvgIpc) is 2.62. The predicted molar refractivity (Wildman–Crippen MR) is 59.9 cm³/mol. The Hall–Kier alpha value is -1.29. The molecule has 0 aliphatic carbocycles. The van der Waals surface area contributed by atoms with Crippen LogP contribution in [0.2, 0.25) is 0 Å². The Bertz CT molecular complexity index is 423. The summed E-state index contributed by atoms with van der Waals surface area (Å²) in [6.45, 7) is 0.763. The van der Waals surface area contributed by atoms with Gasteiger partial charge in [-0.15, -0.1) is 0 Å². The number of rotatable bonds is 2. The van der Waals surface area contributed by atoms with Crippen molar-refractivity contribution in [3.05, 3.63) is 47.0 Å². The van der Waals surface area contributed by atoms with Crippen LogP contribution in [0.3, 0.4) is 0 Å². The zero-order valence-electron chi connectivity index (χ0n) is 7.52. The molecular formula is C10H10BrN3. The lowest BCUT2D eigenvalue weighted by molar-refractivity contribution is 0.799. The van der Waals surface area contributed by atoms with E-state index >= 15 is 0 Å². The first-order chi connectivity index (χ1) is 6.75. The topological polar surface area (TPSA) is 43.8 Å². The highest BCUT2D eigenvalue weighted by Gasteiger charge is 2.00. The fraction of sp³-hybridized carbons (Fsp3) is 0.100. The van der Waals surface area contributed by atoms with E-state index in [0.717, 1.165) is 22.3 Å². The first-order valence-electron chi connectivity index (χ1n) is 4.25. The van der Waals surface area contributed by atoms with Crippen LogP contribution in [0.25, 0.3) is 0 Å². The van der Waals surface area contributed by atoms with Gasteiger partial charge in [-0.25, -0.2) is 4.98 Å². The number of imidazole rings is 1. The Kier molecular flexibility index (Phi) is 2.54. The Morgan fingerprint density at radius 2 is 2.29 bits per heavy atom. The molecule has 0 amide bonds. The number of nitrogen functional groups attached to an aromatic ring is 1. The van der Waals surface area contributed by atoms with Gasteiger partial charge in [-0.05, 0) is 17.7 Å². The summed E-state index contributed by atoms with van der Waals surface area (Å²) < 4.78 is 2.99. The van der Waals surface area contributed by atoms with Gasteiger partial charge >= 0.3 is 0 Å². The van der Waals surface area contributed by atoms with E-state index in [1.807, 2.05) is 29.0 Å². The van der Waals surface area contributed by atoms with Gasteiger partial charge in [-0.1, -0.05) is 22.0 Å². The van der Waals surface area contributed by atoms with Gasteiger partial charge in [0.15, 0.2) is 0 Å². The Labute approximate surface area is 90.7 Å². The standard InChI is InChI=1S/C10H10BrN3/c11-9-2-1-8(10(12)5-9)6-14-4-3-13-7-14/h1-5,7H,6,12H2. The maximum atomic E-state index is 5.87. The fourth-order valence-electron chi connectivity index (χ4n) is 1.29. The smallest absolute Gasteiger partial charge is 0.0949 e. The van der Waals surface area contributed by atoms with Crippen LogP contribution in [0, 0.1) is 0 Å². The molecule has 3 nitrogen and oxygen atoms in total. The van der Waals surface area contributed by atoms with Crippen molar-refractivity contribution in [2.24, 2.45) is 0 Å². The molecule has 0 unspecified atom stereocenters. The van der Waals surface area contributed by atoms with Crippen LogP contribution >= 0.6 is 15.9 Å². The second-order valence-electron chi connectivity index (χ2n) is 3.08. The molecule has 1 aromatic heterocycles. The minimum absolute atomic E-state index is 0.763. The molecule has 0 spiro atoms. The van der Waals surface area contributed by atoms with Crippen LogP contribution in [0.1, 0.15) is 5.56 Å². The molecule has 0 saturated heterocycles. The summed E-state index contributed by atoms with van der Waals surface area (Å²) in [5, 5.41) is 0. The lowest BCUT2D eigenvalue weighted by Gasteiger charge is -2.06. The summed E-state index contributed by atoms with van der Waals surface area (Å²) in [6, 6.07) is 5.91. The largest absolute Gasteiger partial charge is 0.398 e. The summed E-state index contributed by atoms with van der Waals surface area (Å²) in [4.78, 5) is 3.98. The second kappa shape index (κ2) is 3.84. The van der Waals surface area contributed by atoms with Gasteiger partial charge in [0.2, 0.25) is 0 Å². The summed E-state index contributed by atoms with van der Waals surface area (Å²) in [5.41, 5.74) is 7.78. The second-order valence-corrected chi connectivity index (χ2v) is 3.99. The Morgan fingerprint density at radius 3 is 2.93 bits per heavy atom. The molecule has 0 radical (unpaired) electrons. The highest BCUT2D eigenvalue weighted by molar-refractivity contribution is 9.10. The van der Waals surface area contributed by atoms with E-state index in [4.69, 9.17) is 5.73 Å². The van der Waals surface area contributed by atoms with Crippen molar-refractivity contribution in [3.63, 3.8) is 0 Å². The molecule has 1 aromatic carbocycles. The third kappa shape index (κ3) is 1.96. The molecule has 2 aromatic rings. The molecule has 0 aliphatic rings. The van der Waals surface area contributed by atoms with E-state index in [9.17, 15) is 0 Å². The van der Waals surface area contributed by atoms with Crippen molar-refractivity contribution in [1.82, 2.24) is 9.55 Å². The minimum Gasteiger partial charge on any atom is -0.398 e. The SMILES string of the molecule is Nc1cc(Br)ccc1Cn1ccnc1. The van der Waals surface area contributed by atoms with Crippen LogP contribution in [-0.4, -0.2) is 9.55 Å². The third-order valence-corrected chi connectivity index (χ3v) is 2.51. The lowest BCUT2D eigenvalue weighted by Crippen LogP contribution is -2.00. The molecule has 2 rings (SSSR count). The first kappa shape index (κ1) is 9.27. The summed E-state index contributed by atoms with van der Waals surface area (Å²) in [7, 11) is 0. The van der Waals surface area contributed by atoms with E-state index in [-0.39, 0.29) is 0 Å². The average molecular weight is 252 g/mol. The lowest BCUT2D eigenvalue weighted by atomic mass is 10.2. The highest BCUT2D eigenvalue weighted by Crippen LogP contribution is 2.19. The number of benzene rings is 1. The van der Waals surface area contributed by atoms with Crippen LogP contribution < -0.4 is 5.73 Å². The molecule has 0 saturated carbocycles. The van der Waals surface area contributed by atoms with Gasteiger partial charge in [0.1, 0.15) is 0 Å². The van der Waals surface area contributed by atoms with Gasteiger partial charge in [-0.2, -0.15) is 0 Å². The van der Waals surface area contributed by atoms with Gasteiger partial charge < -0.3 is 10.3 Å². The van der Waals surface area contributed by atoms with Crippen molar-refractivity contribution in [2.45, 2.75) is 6.54 Å². The van der Waals surface area contributed by atoms with Gasteiger partial charge in [0, 0.05) is 22.6 Å². The molecule has 0 fully saturated rings. The number of anilines is 1. The number of nitrogens with zero attached hydrogens (tertiary/aromatic N) is 2. The Balaban J connectivity index is 2.25.